The highest BCUT2D eigenvalue weighted by molar-refractivity contribution is 6.04. The summed E-state index contributed by atoms with van der Waals surface area (Å²) in [6.45, 7) is 6.22. The maximum Gasteiger partial charge on any atom is 0.272 e. The highest BCUT2D eigenvalue weighted by atomic mass is 16.5. The first kappa shape index (κ1) is 33.1. The van der Waals surface area contributed by atoms with Crippen molar-refractivity contribution in [1.29, 1.82) is 0 Å². The lowest BCUT2D eigenvalue weighted by Crippen LogP contribution is -2.36. The van der Waals surface area contributed by atoms with Gasteiger partial charge < -0.3 is 34.5 Å². The lowest BCUT2D eigenvalue weighted by Gasteiger charge is -2.28. The average molecular weight is 675 g/mol. The Balaban J connectivity index is 0.886. The molecule has 50 heavy (non-hydrogen) atoms. The summed E-state index contributed by atoms with van der Waals surface area (Å²) >= 11 is 0. The van der Waals surface area contributed by atoms with Gasteiger partial charge in [0.1, 0.15) is 11.4 Å². The van der Waals surface area contributed by atoms with Crippen molar-refractivity contribution in [2.24, 2.45) is 12.0 Å². The van der Waals surface area contributed by atoms with Crippen LogP contribution in [-0.4, -0.2) is 78.9 Å². The summed E-state index contributed by atoms with van der Waals surface area (Å²) in [6.07, 6.45) is 6.57. The van der Waals surface area contributed by atoms with Crippen LogP contribution in [0.15, 0.2) is 77.9 Å². The molecule has 1 aromatic heterocycles. The average Bonchev–Trinajstić information content (AvgIpc) is 3.74. The second-order valence-corrected chi connectivity index (χ2v) is 13.0. The number of rotatable bonds is 10. The summed E-state index contributed by atoms with van der Waals surface area (Å²) in [6, 6.07) is 21.1. The van der Waals surface area contributed by atoms with Crippen LogP contribution in [0.3, 0.4) is 0 Å². The summed E-state index contributed by atoms with van der Waals surface area (Å²) in [5.41, 5.74) is 7.03. The van der Waals surface area contributed by atoms with E-state index in [1.807, 2.05) is 103 Å². The quantitative estimate of drug-likeness (QED) is 0.193. The van der Waals surface area contributed by atoms with E-state index >= 15 is 0 Å². The van der Waals surface area contributed by atoms with Crippen molar-refractivity contribution in [3.05, 3.63) is 89.7 Å². The second kappa shape index (κ2) is 14.6. The van der Waals surface area contributed by atoms with Gasteiger partial charge in [-0.05, 0) is 85.8 Å². The van der Waals surface area contributed by atoms with Gasteiger partial charge in [-0.1, -0.05) is 12.1 Å². The van der Waals surface area contributed by atoms with Crippen LogP contribution in [0, 0.1) is 6.92 Å². The Bertz CT molecular complexity index is 1910. The van der Waals surface area contributed by atoms with Gasteiger partial charge >= 0.3 is 0 Å². The van der Waals surface area contributed by atoms with Crippen molar-refractivity contribution in [2.75, 3.05) is 55.0 Å². The minimum Gasteiger partial charge on any atom is -0.493 e. The number of nitrogens with one attached hydrogen (secondary N) is 2. The molecule has 7 rings (SSSR count). The zero-order chi connectivity index (χ0) is 34.6. The van der Waals surface area contributed by atoms with Gasteiger partial charge in [0.2, 0.25) is 5.91 Å². The predicted octanol–water partition coefficient (Wildman–Crippen LogP) is 6.21. The van der Waals surface area contributed by atoms with E-state index in [1.54, 1.807) is 0 Å². The van der Waals surface area contributed by atoms with Crippen LogP contribution in [0.25, 0.3) is 11.1 Å². The van der Waals surface area contributed by atoms with Gasteiger partial charge in [0.05, 0.1) is 37.1 Å². The topological polar surface area (TPSA) is 117 Å². The van der Waals surface area contributed by atoms with E-state index in [1.165, 1.54) is 0 Å². The molecule has 258 valence electrons. The van der Waals surface area contributed by atoms with Gasteiger partial charge in [-0.2, -0.15) is 0 Å². The molecule has 4 aromatic rings. The monoisotopic (exact) mass is 674 g/mol. The second-order valence-electron chi connectivity index (χ2n) is 13.0. The summed E-state index contributed by atoms with van der Waals surface area (Å²) < 4.78 is 13.3. The van der Waals surface area contributed by atoms with Crippen LogP contribution >= 0.6 is 0 Å². The highest BCUT2D eigenvalue weighted by Crippen LogP contribution is 2.34. The number of morpholine rings is 1. The molecular weight excluding hydrogens is 632 g/mol. The third-order valence-corrected chi connectivity index (χ3v) is 9.52. The van der Waals surface area contributed by atoms with Crippen molar-refractivity contribution in [1.82, 2.24) is 9.47 Å². The molecule has 0 bridgehead atoms. The van der Waals surface area contributed by atoms with Crippen LogP contribution in [-0.2, 0) is 16.6 Å². The first-order chi connectivity index (χ1) is 24.3. The molecule has 1 atom stereocenters. The summed E-state index contributed by atoms with van der Waals surface area (Å²) in [5.74, 6) is 0.406. The van der Waals surface area contributed by atoms with E-state index in [-0.39, 0.29) is 23.8 Å². The summed E-state index contributed by atoms with van der Waals surface area (Å²) in [4.78, 5) is 47.6. The molecule has 11 heteroatoms. The number of aliphatic imine (C=N–C) groups is 1. The number of aryl methyl sites for hydroxylation is 2. The first-order valence-electron chi connectivity index (χ1n) is 17.3. The molecule has 0 saturated carbocycles. The molecule has 3 amide bonds. The van der Waals surface area contributed by atoms with Crippen molar-refractivity contribution in [3.8, 4) is 16.9 Å². The smallest absolute Gasteiger partial charge is 0.272 e. The molecule has 2 fully saturated rings. The van der Waals surface area contributed by atoms with Crippen molar-refractivity contribution in [2.45, 2.75) is 38.6 Å². The third-order valence-electron chi connectivity index (χ3n) is 9.52. The van der Waals surface area contributed by atoms with Gasteiger partial charge in [-0.25, -0.2) is 0 Å². The Labute approximate surface area is 291 Å². The van der Waals surface area contributed by atoms with Gasteiger partial charge in [0.25, 0.3) is 11.8 Å². The number of carbonyl (C=O) groups excluding carboxylic acids is 3. The Hall–Kier alpha value is -5.42. The van der Waals surface area contributed by atoms with E-state index in [0.29, 0.717) is 47.8 Å². The number of fused-ring (bicyclic) bond motifs is 2. The van der Waals surface area contributed by atoms with Crippen molar-refractivity contribution in [3.63, 3.8) is 0 Å². The molecule has 3 aromatic carbocycles. The number of amides is 3. The van der Waals surface area contributed by atoms with Crippen LogP contribution < -0.4 is 20.3 Å². The molecule has 0 unspecified atom stereocenters. The summed E-state index contributed by atoms with van der Waals surface area (Å²) in [7, 11) is 1.85. The number of ether oxygens (including phenoxy) is 2. The Morgan fingerprint density at radius 3 is 2.46 bits per heavy atom. The van der Waals surface area contributed by atoms with Crippen LogP contribution in [0.5, 0.6) is 5.75 Å². The molecule has 0 aliphatic carbocycles. The molecule has 0 radical (unpaired) electrons. The molecule has 2 N–H and O–H groups in total. The standard InChI is InChI=1S/C39H42N6O5/c1-26-21-33-34(40-24-32-5-3-15-45(32)39(33)48)23-36(26)50-18-4-6-37(46)41-29-9-7-27(8-10-29)28-22-35(43(2)25-28)38(47)42-30-11-13-31(14-12-30)44-16-19-49-20-17-44/h7-14,21-25,32H,3-6,15-20H2,1-2H3,(H,41,46)(H,42,47)/t32-/m0/s1. The number of carbonyl (C=O) groups is 3. The van der Waals surface area contributed by atoms with Crippen molar-refractivity contribution < 1.29 is 23.9 Å². The lowest BCUT2D eigenvalue weighted by atomic mass is 10.1. The fourth-order valence-electron chi connectivity index (χ4n) is 6.74. The van der Waals surface area contributed by atoms with Gasteiger partial charge in [-0.3, -0.25) is 19.4 Å². The molecule has 0 spiro atoms. The van der Waals surface area contributed by atoms with E-state index in [2.05, 4.69) is 20.5 Å². The molecule has 4 heterocycles. The lowest BCUT2D eigenvalue weighted by molar-refractivity contribution is -0.116. The minimum atomic E-state index is -0.188. The van der Waals surface area contributed by atoms with Gasteiger partial charge in [0.15, 0.2) is 0 Å². The number of hydrogen-bond donors (Lipinski definition) is 2. The zero-order valence-electron chi connectivity index (χ0n) is 28.5. The van der Waals surface area contributed by atoms with E-state index in [4.69, 9.17) is 9.47 Å². The van der Waals surface area contributed by atoms with Crippen LogP contribution in [0.1, 0.15) is 52.1 Å². The number of aromatic nitrogens is 1. The number of benzene rings is 3. The molecule has 3 aliphatic rings. The predicted molar refractivity (Wildman–Crippen MR) is 195 cm³/mol. The van der Waals surface area contributed by atoms with Crippen molar-refractivity contribution >= 4 is 46.7 Å². The largest absolute Gasteiger partial charge is 0.493 e. The molecule has 11 nitrogen and oxygen atoms in total. The molecule has 2 saturated heterocycles. The molecular formula is C39H42N6O5. The minimum absolute atomic E-state index is 0.0256. The van der Waals surface area contributed by atoms with Crippen LogP contribution in [0.2, 0.25) is 0 Å². The number of hydrogen-bond acceptors (Lipinski definition) is 7. The Morgan fingerprint density at radius 1 is 0.940 bits per heavy atom. The number of nitrogens with zero attached hydrogens (tertiary/aromatic N) is 4. The SMILES string of the molecule is Cc1cc2c(cc1OCCCC(=O)Nc1ccc(-c3cc(C(=O)Nc4ccc(N5CCOCC5)cc4)n(C)c3)cc1)N=C[C@@H]1CCCN1C2=O. The summed E-state index contributed by atoms with van der Waals surface area (Å²) in [5, 5.41) is 5.96. The third kappa shape index (κ3) is 7.28. The maximum absolute atomic E-state index is 13.1. The van der Waals surface area contributed by atoms with E-state index in [9.17, 15) is 14.4 Å². The van der Waals surface area contributed by atoms with Crippen LogP contribution in [0.4, 0.5) is 22.7 Å². The highest BCUT2D eigenvalue weighted by Gasteiger charge is 2.32. The van der Waals surface area contributed by atoms with E-state index in [0.717, 1.165) is 73.8 Å². The van der Waals surface area contributed by atoms with Gasteiger partial charge in [-0.15, -0.1) is 0 Å². The maximum atomic E-state index is 13.1. The van der Waals surface area contributed by atoms with E-state index < -0.39 is 0 Å². The normalized spacial score (nSPS) is 16.8. The Morgan fingerprint density at radius 2 is 1.68 bits per heavy atom. The fraction of sp³-hybridized carbons (Fsp3) is 0.333. The first-order valence-corrected chi connectivity index (χ1v) is 17.3. The molecule has 3 aliphatic heterocycles. The number of anilines is 3. The fourth-order valence-corrected chi connectivity index (χ4v) is 6.74. The van der Waals surface area contributed by atoms with Gasteiger partial charge in [0, 0.05) is 74.2 Å². The zero-order valence-corrected chi connectivity index (χ0v) is 28.5. The Kier molecular flexibility index (Phi) is 9.66.